The number of ether oxygens (including phenoxy) is 4. The van der Waals surface area contributed by atoms with Gasteiger partial charge in [-0.1, -0.05) is 6.07 Å². The van der Waals surface area contributed by atoms with E-state index in [0.717, 1.165) is 6.07 Å². The second kappa shape index (κ2) is 8.00. The molecule has 5 aliphatic rings. The van der Waals surface area contributed by atoms with Crippen LogP contribution in [-0.2, 0) is 22.4 Å². The van der Waals surface area contributed by atoms with Gasteiger partial charge in [-0.05, 0) is 23.8 Å². The molecule has 5 unspecified atom stereocenters. The van der Waals surface area contributed by atoms with Crippen molar-refractivity contribution in [2.75, 3.05) is 0 Å². The summed E-state index contributed by atoms with van der Waals surface area (Å²) >= 11 is 0. The lowest BCUT2D eigenvalue weighted by atomic mass is 9.69. The van der Waals surface area contributed by atoms with Gasteiger partial charge < -0.3 is 54.7 Å². The number of carbonyl (C=O) groups is 1. The minimum Gasteiger partial charge on any atom is -0.508 e. The van der Waals surface area contributed by atoms with E-state index in [4.69, 9.17) is 18.9 Å². The summed E-state index contributed by atoms with van der Waals surface area (Å²) in [6, 6.07) is 7.87. The summed E-state index contributed by atoms with van der Waals surface area (Å²) in [5.41, 5.74) is 0.0962. The Morgan fingerprint density at radius 3 is 2.40 bits per heavy atom. The molecule has 12 heteroatoms. The molecule has 216 valence electrons. The lowest BCUT2D eigenvalue weighted by Crippen LogP contribution is -2.70. The van der Waals surface area contributed by atoms with Gasteiger partial charge in [-0.3, -0.25) is 4.79 Å². The van der Waals surface area contributed by atoms with Crippen LogP contribution in [0.1, 0.15) is 34.8 Å². The van der Waals surface area contributed by atoms with E-state index in [1.807, 2.05) is 0 Å². The predicted molar refractivity (Wildman–Crippen MR) is 140 cm³/mol. The maximum atomic E-state index is 13.3. The van der Waals surface area contributed by atoms with Crippen LogP contribution in [0, 0.1) is 0 Å². The van der Waals surface area contributed by atoms with Crippen molar-refractivity contribution in [3.8, 4) is 46.0 Å². The molecule has 42 heavy (non-hydrogen) atoms. The van der Waals surface area contributed by atoms with Crippen molar-refractivity contribution in [2.45, 2.75) is 55.1 Å². The summed E-state index contributed by atoms with van der Waals surface area (Å²) in [7, 11) is 0. The van der Waals surface area contributed by atoms with Crippen LogP contribution in [-0.4, -0.2) is 71.2 Å². The molecule has 6 atom stereocenters. The number of rotatable bonds is 1. The van der Waals surface area contributed by atoms with Crippen LogP contribution in [0.3, 0.4) is 0 Å². The number of aromatic hydroxyl groups is 5. The van der Waals surface area contributed by atoms with Crippen molar-refractivity contribution in [3.63, 3.8) is 0 Å². The minimum absolute atomic E-state index is 0.0366. The molecule has 3 aromatic rings. The zero-order valence-corrected chi connectivity index (χ0v) is 21.6. The summed E-state index contributed by atoms with van der Waals surface area (Å²) in [5.74, 6) is -3.95. The van der Waals surface area contributed by atoms with E-state index >= 15 is 0 Å². The molecule has 12 nitrogen and oxygen atoms in total. The summed E-state index contributed by atoms with van der Waals surface area (Å²) in [5, 5.41) is 73.6. The van der Waals surface area contributed by atoms with Crippen LogP contribution in [0.15, 0.2) is 42.5 Å². The summed E-state index contributed by atoms with van der Waals surface area (Å²) in [6.07, 6.45) is -3.23. The molecule has 0 saturated carbocycles. The van der Waals surface area contributed by atoms with Gasteiger partial charge >= 0.3 is 0 Å². The second-order valence-electron chi connectivity index (χ2n) is 11.4. The van der Waals surface area contributed by atoms with E-state index in [1.165, 1.54) is 36.4 Å². The summed E-state index contributed by atoms with van der Waals surface area (Å²) < 4.78 is 24.9. The standard InChI is InChI=1S/C30H24O12/c31-12-4-17(33)13-7-23-28(39-21(13)5-12)29-10-30(38,42-23)24(37)8-15(29)25-22(41-29)9-18(34)14-6-20(36)26(40-27(14)25)11-1-2-16(32)19(35)3-11/h1-5,8-9,20,23,26,28,31-36,38H,6-7,10H2/t20-,23?,26?,28?,29?,30?/m0/s1. The van der Waals surface area contributed by atoms with Crippen LogP contribution >= 0.6 is 0 Å². The zero-order chi connectivity index (χ0) is 29.3. The Morgan fingerprint density at radius 2 is 1.62 bits per heavy atom. The Labute approximate surface area is 236 Å². The Bertz CT molecular complexity index is 1760. The first-order valence-electron chi connectivity index (χ1n) is 13.3. The van der Waals surface area contributed by atoms with Gasteiger partial charge in [0, 0.05) is 47.7 Å². The average molecular weight is 577 g/mol. The van der Waals surface area contributed by atoms with Crippen molar-refractivity contribution in [3.05, 3.63) is 64.7 Å². The first kappa shape index (κ1) is 25.1. The zero-order valence-electron chi connectivity index (χ0n) is 21.6. The predicted octanol–water partition coefficient (Wildman–Crippen LogP) is 1.83. The van der Waals surface area contributed by atoms with Crippen LogP contribution in [0.4, 0.5) is 0 Å². The number of carbonyl (C=O) groups excluding carboxylic acids is 1. The Kier molecular flexibility index (Phi) is 4.78. The van der Waals surface area contributed by atoms with E-state index in [1.54, 1.807) is 0 Å². The summed E-state index contributed by atoms with van der Waals surface area (Å²) in [6.45, 7) is 0. The van der Waals surface area contributed by atoms with Gasteiger partial charge in [0.25, 0.3) is 0 Å². The molecule has 3 aromatic carbocycles. The molecule has 4 aliphatic heterocycles. The molecule has 2 bridgehead atoms. The minimum atomic E-state index is -2.26. The van der Waals surface area contributed by atoms with E-state index < -0.39 is 47.3 Å². The monoisotopic (exact) mass is 576 g/mol. The van der Waals surface area contributed by atoms with Crippen molar-refractivity contribution in [2.24, 2.45) is 0 Å². The van der Waals surface area contributed by atoms with E-state index in [-0.39, 0.29) is 65.1 Å². The number of benzene rings is 3. The molecule has 4 heterocycles. The van der Waals surface area contributed by atoms with Gasteiger partial charge in [-0.25, -0.2) is 0 Å². The highest BCUT2D eigenvalue weighted by molar-refractivity contribution is 6.08. The number of aliphatic hydroxyl groups excluding tert-OH is 1. The normalized spacial score (nSPS) is 31.7. The fourth-order valence-electron chi connectivity index (χ4n) is 6.94. The maximum absolute atomic E-state index is 13.3. The number of phenolic OH excluding ortho intramolecular Hbond substituents is 5. The molecule has 1 spiro atoms. The maximum Gasteiger partial charge on any atom is 0.235 e. The Balaban J connectivity index is 1.28. The van der Waals surface area contributed by atoms with E-state index in [9.17, 15) is 40.5 Å². The largest absolute Gasteiger partial charge is 0.508 e. The third-order valence-corrected chi connectivity index (χ3v) is 8.81. The van der Waals surface area contributed by atoms with Gasteiger partial charge in [-0.2, -0.15) is 0 Å². The second-order valence-corrected chi connectivity index (χ2v) is 11.4. The summed E-state index contributed by atoms with van der Waals surface area (Å²) in [4.78, 5) is 13.3. The highest BCUT2D eigenvalue weighted by Gasteiger charge is 2.69. The van der Waals surface area contributed by atoms with Crippen molar-refractivity contribution in [1.29, 1.82) is 0 Å². The van der Waals surface area contributed by atoms with Gasteiger partial charge in [0.1, 0.15) is 46.7 Å². The molecule has 8 rings (SSSR count). The third-order valence-electron chi connectivity index (χ3n) is 8.81. The Morgan fingerprint density at radius 1 is 0.833 bits per heavy atom. The van der Waals surface area contributed by atoms with Gasteiger partial charge in [0.2, 0.25) is 11.6 Å². The fourth-order valence-corrected chi connectivity index (χ4v) is 6.94. The van der Waals surface area contributed by atoms with Crippen LogP contribution in [0.2, 0.25) is 0 Å². The third kappa shape index (κ3) is 3.19. The number of phenols is 5. The lowest BCUT2D eigenvalue weighted by molar-refractivity contribution is -0.290. The lowest BCUT2D eigenvalue weighted by Gasteiger charge is -2.53. The van der Waals surface area contributed by atoms with Crippen molar-refractivity contribution >= 4 is 11.4 Å². The number of aliphatic hydroxyl groups is 2. The highest BCUT2D eigenvalue weighted by atomic mass is 16.7. The van der Waals surface area contributed by atoms with Crippen molar-refractivity contribution < 1.29 is 59.5 Å². The van der Waals surface area contributed by atoms with Crippen molar-refractivity contribution in [1.82, 2.24) is 0 Å². The molecular formula is C30H24O12. The molecular weight excluding hydrogens is 552 g/mol. The quantitative estimate of drug-likeness (QED) is 0.208. The molecule has 0 radical (unpaired) electrons. The smallest absolute Gasteiger partial charge is 0.235 e. The fraction of sp³-hybridized carbons (Fsp3) is 0.300. The van der Waals surface area contributed by atoms with E-state index in [2.05, 4.69) is 0 Å². The highest BCUT2D eigenvalue weighted by Crippen LogP contribution is 2.62. The first-order chi connectivity index (χ1) is 20.0. The average Bonchev–Trinajstić information content (AvgIpc) is 3.22. The number of fused-ring (bicyclic) bond motifs is 7. The molecule has 0 aromatic heterocycles. The molecule has 0 amide bonds. The van der Waals surface area contributed by atoms with Gasteiger partial charge in [0.15, 0.2) is 23.2 Å². The topological polar surface area (TPSA) is 196 Å². The van der Waals surface area contributed by atoms with Crippen LogP contribution in [0.25, 0.3) is 5.57 Å². The Hall–Kier alpha value is -4.65. The van der Waals surface area contributed by atoms with Gasteiger partial charge in [-0.15, -0.1) is 0 Å². The molecule has 1 aliphatic carbocycles. The van der Waals surface area contributed by atoms with Crippen LogP contribution in [0.5, 0.6) is 46.0 Å². The molecule has 1 saturated heterocycles. The molecule has 7 N–H and O–H groups in total. The van der Waals surface area contributed by atoms with E-state index in [0.29, 0.717) is 22.3 Å². The SMILES string of the molecule is O=C1C=C2c3c(cc(O)c4c3OC(c3ccc(O)c(O)c3)[C@@H](O)C4)OC23CC1(O)OC1Cc2c(O)cc(O)cc2OC13. The van der Waals surface area contributed by atoms with Gasteiger partial charge in [0.05, 0.1) is 18.1 Å². The first-order valence-corrected chi connectivity index (χ1v) is 13.3. The van der Waals surface area contributed by atoms with Crippen LogP contribution < -0.4 is 14.2 Å². The molecule has 1 fully saturated rings. The number of hydrogen-bond acceptors (Lipinski definition) is 12. The number of ketones is 1. The number of hydrogen-bond donors (Lipinski definition) is 7.